The summed E-state index contributed by atoms with van der Waals surface area (Å²) in [4.78, 5) is 18.7. The van der Waals surface area contributed by atoms with Crippen molar-refractivity contribution in [3.05, 3.63) is 42.6 Å². The number of anilines is 1. The summed E-state index contributed by atoms with van der Waals surface area (Å²) in [5.41, 5.74) is 2.67. The highest BCUT2D eigenvalue weighted by Gasteiger charge is 2.14. The molecule has 0 radical (unpaired) electrons. The fourth-order valence-corrected chi connectivity index (χ4v) is 2.64. The molecule has 1 aromatic carbocycles. The molecule has 0 fully saturated rings. The maximum absolute atomic E-state index is 11.0. The topological polar surface area (TPSA) is 96.5 Å². The number of carbonyl (C=O) groups is 1. The number of nitrogens with zero attached hydrogens (tertiary/aromatic N) is 1. The molecule has 136 valence electrons. The molecule has 0 saturated heterocycles. The van der Waals surface area contributed by atoms with Gasteiger partial charge in [0.05, 0.1) is 6.61 Å². The second-order valence-electron chi connectivity index (χ2n) is 5.84. The van der Waals surface area contributed by atoms with Crippen LogP contribution in [-0.2, 0) is 9.53 Å². The third-order valence-electron chi connectivity index (χ3n) is 3.95. The van der Waals surface area contributed by atoms with Crippen molar-refractivity contribution in [3.8, 4) is 16.9 Å². The van der Waals surface area contributed by atoms with Crippen LogP contribution in [0.5, 0.6) is 5.75 Å². The van der Waals surface area contributed by atoms with Crippen LogP contribution < -0.4 is 10.1 Å². The molecule has 0 unspecified atom stereocenters. The van der Waals surface area contributed by atoms with E-state index >= 15 is 0 Å². The Labute approximate surface area is 151 Å². The third-order valence-corrected chi connectivity index (χ3v) is 3.95. The van der Waals surface area contributed by atoms with Crippen LogP contribution >= 0.6 is 0 Å². The first-order valence-electron chi connectivity index (χ1n) is 8.29. The second kappa shape index (κ2) is 7.88. The van der Waals surface area contributed by atoms with E-state index in [9.17, 15) is 4.79 Å². The van der Waals surface area contributed by atoms with Gasteiger partial charge in [0.25, 0.3) is 0 Å². The summed E-state index contributed by atoms with van der Waals surface area (Å²) in [5.74, 6) is 0.237. The van der Waals surface area contributed by atoms with Crippen LogP contribution in [0.4, 0.5) is 5.82 Å². The van der Waals surface area contributed by atoms with Crippen LogP contribution in [0.2, 0.25) is 0 Å². The highest BCUT2D eigenvalue weighted by atomic mass is 16.5. The summed E-state index contributed by atoms with van der Waals surface area (Å²) in [6.07, 6.45) is 0.925. The lowest BCUT2D eigenvalue weighted by Crippen LogP contribution is -2.22. The molecule has 0 amide bonds. The molecule has 0 saturated carbocycles. The van der Waals surface area contributed by atoms with Crippen molar-refractivity contribution in [1.82, 2.24) is 9.97 Å². The van der Waals surface area contributed by atoms with Crippen LogP contribution in [-0.4, -0.2) is 47.4 Å². The minimum Gasteiger partial charge on any atom is -0.479 e. The van der Waals surface area contributed by atoms with Crippen molar-refractivity contribution in [2.75, 3.05) is 25.6 Å². The average molecular weight is 355 g/mol. The molecule has 3 aromatic rings. The van der Waals surface area contributed by atoms with E-state index in [0.29, 0.717) is 18.9 Å². The number of carboxylic acids is 1. The molecule has 0 bridgehead atoms. The normalized spacial score (nSPS) is 12.1. The van der Waals surface area contributed by atoms with Crippen molar-refractivity contribution >= 4 is 22.8 Å². The van der Waals surface area contributed by atoms with Gasteiger partial charge in [-0.1, -0.05) is 12.1 Å². The Kier molecular flexibility index (Phi) is 5.38. The van der Waals surface area contributed by atoms with E-state index in [1.54, 1.807) is 13.2 Å². The fraction of sp³-hybridized carbons (Fsp3) is 0.263. The van der Waals surface area contributed by atoms with E-state index in [1.807, 2.05) is 36.5 Å². The van der Waals surface area contributed by atoms with Gasteiger partial charge in [0, 0.05) is 25.2 Å². The zero-order valence-corrected chi connectivity index (χ0v) is 14.7. The molecule has 0 aliphatic rings. The molecule has 0 aliphatic carbocycles. The van der Waals surface area contributed by atoms with Gasteiger partial charge in [0.1, 0.15) is 17.2 Å². The summed E-state index contributed by atoms with van der Waals surface area (Å²) in [6, 6.07) is 11.3. The first-order chi connectivity index (χ1) is 12.6. The number of aromatic nitrogens is 2. The molecule has 2 heterocycles. The zero-order valence-electron chi connectivity index (χ0n) is 14.7. The first kappa shape index (κ1) is 17.8. The fourth-order valence-electron chi connectivity index (χ4n) is 2.64. The number of H-pyrrole nitrogens is 1. The van der Waals surface area contributed by atoms with Gasteiger partial charge in [-0.3, -0.25) is 0 Å². The number of aromatic amines is 1. The highest BCUT2D eigenvalue weighted by molar-refractivity contribution is 5.95. The van der Waals surface area contributed by atoms with E-state index in [1.165, 1.54) is 6.92 Å². The number of benzene rings is 1. The van der Waals surface area contributed by atoms with Gasteiger partial charge >= 0.3 is 5.97 Å². The smallest absolute Gasteiger partial charge is 0.344 e. The summed E-state index contributed by atoms with van der Waals surface area (Å²) in [6.45, 7) is 2.73. The van der Waals surface area contributed by atoms with Gasteiger partial charge in [0.15, 0.2) is 6.10 Å². The van der Waals surface area contributed by atoms with Gasteiger partial charge in [-0.05, 0) is 42.3 Å². The monoisotopic (exact) mass is 355 g/mol. The van der Waals surface area contributed by atoms with Crippen molar-refractivity contribution < 1.29 is 19.4 Å². The number of aliphatic carboxylic acids is 1. The molecule has 0 spiro atoms. The Morgan fingerprint density at radius 3 is 2.96 bits per heavy atom. The van der Waals surface area contributed by atoms with Crippen molar-refractivity contribution in [2.24, 2.45) is 0 Å². The largest absolute Gasteiger partial charge is 0.479 e. The SMILES string of the molecule is COCCNc1cc(-c2cccc(O[C@@H](C)C(=O)O)c2)c2cc[nH]c2n1. The molecule has 7 nitrogen and oxygen atoms in total. The van der Waals surface area contributed by atoms with Crippen LogP contribution in [0.25, 0.3) is 22.2 Å². The number of methoxy groups -OCH3 is 1. The minimum atomic E-state index is -1.00. The predicted octanol–water partition coefficient (Wildman–Crippen LogP) is 3.14. The Balaban J connectivity index is 1.96. The standard InChI is InChI=1S/C19H21N3O4/c1-12(19(23)24)26-14-5-3-4-13(10-14)16-11-17(20-8-9-25-2)22-18-15(16)6-7-21-18/h3-7,10-12H,8-9H2,1-2H3,(H,23,24)(H2,20,21,22)/t12-/m0/s1. The number of nitrogens with one attached hydrogen (secondary N) is 2. The van der Waals surface area contributed by atoms with E-state index in [2.05, 4.69) is 15.3 Å². The van der Waals surface area contributed by atoms with Crippen molar-refractivity contribution in [2.45, 2.75) is 13.0 Å². The van der Waals surface area contributed by atoms with E-state index < -0.39 is 12.1 Å². The van der Waals surface area contributed by atoms with Gasteiger partial charge in [-0.15, -0.1) is 0 Å². The number of fused-ring (bicyclic) bond motifs is 1. The van der Waals surface area contributed by atoms with Crippen LogP contribution in [0.15, 0.2) is 42.6 Å². The maximum atomic E-state index is 11.0. The molecular weight excluding hydrogens is 334 g/mol. The second-order valence-corrected chi connectivity index (χ2v) is 5.84. The number of hydrogen-bond acceptors (Lipinski definition) is 5. The van der Waals surface area contributed by atoms with Crippen molar-refractivity contribution in [1.29, 1.82) is 0 Å². The number of ether oxygens (including phenoxy) is 2. The Hall–Kier alpha value is -3.06. The minimum absolute atomic E-state index is 0.506. The molecule has 2 aromatic heterocycles. The quantitative estimate of drug-likeness (QED) is 0.537. The number of carboxylic acid groups (broad SMARTS) is 1. The number of hydrogen-bond donors (Lipinski definition) is 3. The van der Waals surface area contributed by atoms with E-state index in [0.717, 1.165) is 28.0 Å². The van der Waals surface area contributed by atoms with Crippen LogP contribution in [0.3, 0.4) is 0 Å². The van der Waals surface area contributed by atoms with Gasteiger partial charge in [-0.25, -0.2) is 9.78 Å². The molecule has 7 heteroatoms. The summed E-state index contributed by atoms with van der Waals surface area (Å²) in [7, 11) is 1.65. The molecule has 0 aliphatic heterocycles. The zero-order chi connectivity index (χ0) is 18.5. The first-order valence-corrected chi connectivity index (χ1v) is 8.29. The Morgan fingerprint density at radius 2 is 2.19 bits per heavy atom. The number of pyridine rings is 1. The molecule has 1 atom stereocenters. The third kappa shape index (κ3) is 3.94. The molecule has 3 rings (SSSR count). The van der Waals surface area contributed by atoms with Gasteiger partial charge in [-0.2, -0.15) is 0 Å². The molecule has 26 heavy (non-hydrogen) atoms. The predicted molar refractivity (Wildman–Crippen MR) is 99.6 cm³/mol. The Bertz CT molecular complexity index is 907. The Morgan fingerprint density at radius 1 is 1.35 bits per heavy atom. The summed E-state index contributed by atoms with van der Waals surface area (Å²) >= 11 is 0. The molecular formula is C19H21N3O4. The highest BCUT2D eigenvalue weighted by Crippen LogP contribution is 2.32. The van der Waals surface area contributed by atoms with Crippen molar-refractivity contribution in [3.63, 3.8) is 0 Å². The van der Waals surface area contributed by atoms with E-state index in [-0.39, 0.29) is 0 Å². The molecule has 3 N–H and O–H groups in total. The lowest BCUT2D eigenvalue weighted by molar-refractivity contribution is -0.144. The maximum Gasteiger partial charge on any atom is 0.344 e. The number of rotatable bonds is 8. The lowest BCUT2D eigenvalue weighted by Gasteiger charge is -2.13. The van der Waals surface area contributed by atoms with Gasteiger partial charge in [0.2, 0.25) is 0 Å². The van der Waals surface area contributed by atoms with Crippen LogP contribution in [0.1, 0.15) is 6.92 Å². The summed E-state index contributed by atoms with van der Waals surface area (Å²) < 4.78 is 10.5. The van der Waals surface area contributed by atoms with Crippen LogP contribution in [0, 0.1) is 0 Å². The lowest BCUT2D eigenvalue weighted by atomic mass is 10.0. The average Bonchev–Trinajstić information content (AvgIpc) is 3.10. The summed E-state index contributed by atoms with van der Waals surface area (Å²) in [5, 5.41) is 13.2. The van der Waals surface area contributed by atoms with Gasteiger partial charge < -0.3 is 24.9 Å². The van der Waals surface area contributed by atoms with E-state index in [4.69, 9.17) is 14.6 Å².